The monoisotopic (exact) mass is 487 g/mol. The fourth-order valence-corrected chi connectivity index (χ4v) is 5.13. The lowest BCUT2D eigenvalue weighted by Gasteiger charge is -2.36. The number of nitrogens with zero attached hydrogens (tertiary/aromatic N) is 4. The van der Waals surface area contributed by atoms with Crippen LogP contribution in [0.5, 0.6) is 0 Å². The molecule has 2 aromatic carbocycles. The minimum absolute atomic E-state index is 0.0261. The lowest BCUT2D eigenvalue weighted by molar-refractivity contribution is -0.131. The van der Waals surface area contributed by atoms with Crippen molar-refractivity contribution in [2.24, 2.45) is 0 Å². The first kappa shape index (κ1) is 24.0. The highest BCUT2D eigenvalue weighted by molar-refractivity contribution is 5.97. The number of carbonyl (C=O) groups is 2. The highest BCUT2D eigenvalue weighted by Crippen LogP contribution is 2.17. The van der Waals surface area contributed by atoms with Crippen molar-refractivity contribution in [3.63, 3.8) is 0 Å². The number of anilines is 1. The van der Waals surface area contributed by atoms with Crippen molar-refractivity contribution < 1.29 is 9.59 Å². The number of piperazine rings is 1. The summed E-state index contributed by atoms with van der Waals surface area (Å²) in [5, 5.41) is 3.40. The van der Waals surface area contributed by atoms with Gasteiger partial charge in [-0.05, 0) is 43.2 Å². The third kappa shape index (κ3) is 5.27. The molecule has 1 aromatic heterocycles. The molecule has 2 aliphatic heterocycles. The number of amides is 2. The number of para-hydroxylation sites is 1. The quantitative estimate of drug-likeness (QED) is 0.598. The summed E-state index contributed by atoms with van der Waals surface area (Å²) in [5.74, 6) is 0.602. The van der Waals surface area contributed by atoms with E-state index in [1.807, 2.05) is 23.1 Å². The standard InChI is InChI=1S/C28H33N5O3/c34-26(32-18-16-31(17-19-32)22-8-4-3-5-9-22)13-14-29-27(35)21-11-12-23-24(20-21)30-25-10-6-1-2-7-15-33(25)28(23)36/h3-5,8-9,11-12,20H,1-2,6-7,10,13-19H2,(H,29,35). The second-order valence-electron chi connectivity index (χ2n) is 9.59. The molecule has 0 unspecified atom stereocenters. The number of rotatable bonds is 5. The molecule has 0 aliphatic carbocycles. The first-order valence-corrected chi connectivity index (χ1v) is 13.0. The van der Waals surface area contributed by atoms with Crippen LogP contribution in [0.1, 0.15) is 48.3 Å². The topological polar surface area (TPSA) is 87.5 Å². The lowest BCUT2D eigenvalue weighted by Crippen LogP contribution is -2.49. The molecule has 8 heteroatoms. The molecule has 0 atom stereocenters. The van der Waals surface area contributed by atoms with Gasteiger partial charge in [0.2, 0.25) is 5.91 Å². The van der Waals surface area contributed by atoms with E-state index < -0.39 is 0 Å². The van der Waals surface area contributed by atoms with Crippen LogP contribution in [0.25, 0.3) is 10.9 Å². The van der Waals surface area contributed by atoms with Crippen LogP contribution in [0.2, 0.25) is 0 Å². The molecule has 0 radical (unpaired) electrons. The summed E-state index contributed by atoms with van der Waals surface area (Å²) in [6.07, 6.45) is 5.34. The van der Waals surface area contributed by atoms with Gasteiger partial charge >= 0.3 is 0 Å². The molecular weight excluding hydrogens is 454 g/mol. The number of aryl methyl sites for hydroxylation is 1. The fourth-order valence-electron chi connectivity index (χ4n) is 5.13. The molecule has 3 heterocycles. The molecule has 0 saturated carbocycles. The Morgan fingerprint density at radius 1 is 0.889 bits per heavy atom. The van der Waals surface area contributed by atoms with Gasteiger partial charge in [-0.3, -0.25) is 19.0 Å². The minimum atomic E-state index is -0.257. The van der Waals surface area contributed by atoms with Crippen LogP contribution < -0.4 is 15.8 Å². The van der Waals surface area contributed by atoms with E-state index in [1.165, 1.54) is 5.69 Å². The van der Waals surface area contributed by atoms with Crippen LogP contribution >= 0.6 is 0 Å². The van der Waals surface area contributed by atoms with Crippen molar-refractivity contribution in [1.82, 2.24) is 19.8 Å². The maximum absolute atomic E-state index is 13.0. The Bertz CT molecular complexity index is 1300. The number of benzene rings is 2. The van der Waals surface area contributed by atoms with Crippen LogP contribution in [-0.4, -0.2) is 59.0 Å². The molecule has 1 fully saturated rings. The number of fused-ring (bicyclic) bond motifs is 2. The van der Waals surface area contributed by atoms with Crippen LogP contribution in [0.15, 0.2) is 53.3 Å². The number of hydrogen-bond acceptors (Lipinski definition) is 5. The summed E-state index contributed by atoms with van der Waals surface area (Å²) < 4.78 is 1.80. The molecule has 5 rings (SSSR count). The van der Waals surface area contributed by atoms with E-state index in [0.717, 1.165) is 51.0 Å². The Balaban J connectivity index is 1.16. The molecule has 36 heavy (non-hydrogen) atoms. The first-order chi connectivity index (χ1) is 17.6. The Morgan fingerprint density at radius 3 is 2.47 bits per heavy atom. The Kier molecular flexibility index (Phi) is 7.30. The maximum atomic E-state index is 13.0. The summed E-state index contributed by atoms with van der Waals surface area (Å²) >= 11 is 0. The fraction of sp³-hybridized carbons (Fsp3) is 0.429. The van der Waals surface area contributed by atoms with Crippen LogP contribution in [0.3, 0.4) is 0 Å². The smallest absolute Gasteiger partial charge is 0.261 e. The summed E-state index contributed by atoms with van der Waals surface area (Å²) in [6.45, 7) is 3.94. The second-order valence-corrected chi connectivity index (χ2v) is 9.59. The van der Waals surface area contributed by atoms with E-state index in [4.69, 9.17) is 4.98 Å². The van der Waals surface area contributed by atoms with E-state index in [-0.39, 0.29) is 30.3 Å². The maximum Gasteiger partial charge on any atom is 0.261 e. The minimum Gasteiger partial charge on any atom is -0.368 e. The van der Waals surface area contributed by atoms with Crippen molar-refractivity contribution in [3.05, 3.63) is 70.3 Å². The van der Waals surface area contributed by atoms with Gasteiger partial charge in [-0.2, -0.15) is 0 Å². The zero-order valence-corrected chi connectivity index (χ0v) is 20.6. The van der Waals surface area contributed by atoms with E-state index >= 15 is 0 Å². The molecule has 188 valence electrons. The molecule has 8 nitrogen and oxygen atoms in total. The molecule has 1 saturated heterocycles. The molecule has 2 aliphatic rings. The van der Waals surface area contributed by atoms with Crippen molar-refractivity contribution in [1.29, 1.82) is 0 Å². The Morgan fingerprint density at radius 2 is 1.67 bits per heavy atom. The average molecular weight is 488 g/mol. The summed E-state index contributed by atoms with van der Waals surface area (Å²) in [4.78, 5) is 47.3. The van der Waals surface area contributed by atoms with Crippen molar-refractivity contribution in [2.75, 3.05) is 37.6 Å². The predicted octanol–water partition coefficient (Wildman–Crippen LogP) is 2.98. The number of carbonyl (C=O) groups excluding carboxylic acids is 2. The third-order valence-electron chi connectivity index (χ3n) is 7.21. The summed E-state index contributed by atoms with van der Waals surface area (Å²) in [6, 6.07) is 15.3. The molecule has 2 amide bonds. The van der Waals surface area contributed by atoms with Gasteiger partial charge in [-0.25, -0.2) is 4.98 Å². The molecule has 0 spiro atoms. The van der Waals surface area contributed by atoms with Crippen molar-refractivity contribution in [2.45, 2.75) is 45.1 Å². The third-order valence-corrected chi connectivity index (χ3v) is 7.21. The SMILES string of the molecule is O=C(NCCC(=O)N1CCN(c2ccccc2)CC1)c1ccc2c(=O)n3c(nc2c1)CCCCCC3. The normalized spacial score (nSPS) is 16.2. The highest BCUT2D eigenvalue weighted by Gasteiger charge is 2.21. The van der Waals surface area contributed by atoms with Crippen LogP contribution in [0.4, 0.5) is 5.69 Å². The van der Waals surface area contributed by atoms with E-state index in [2.05, 4.69) is 22.3 Å². The molecule has 1 N–H and O–H groups in total. The van der Waals surface area contributed by atoms with E-state index in [0.29, 0.717) is 36.1 Å². The zero-order valence-electron chi connectivity index (χ0n) is 20.6. The Labute approximate surface area is 210 Å². The van der Waals surface area contributed by atoms with Crippen LogP contribution in [0, 0.1) is 0 Å². The number of hydrogen-bond donors (Lipinski definition) is 1. The number of nitrogens with one attached hydrogen (secondary N) is 1. The molecular formula is C28H33N5O3. The summed E-state index contributed by atoms with van der Waals surface area (Å²) in [5.41, 5.74) is 2.17. The van der Waals surface area contributed by atoms with Gasteiger partial charge < -0.3 is 15.1 Å². The largest absolute Gasteiger partial charge is 0.368 e. The van der Waals surface area contributed by atoms with Crippen LogP contribution in [-0.2, 0) is 17.8 Å². The average Bonchev–Trinajstić information content (AvgIpc) is 2.90. The lowest BCUT2D eigenvalue weighted by atomic mass is 10.1. The molecule has 3 aromatic rings. The van der Waals surface area contributed by atoms with E-state index in [9.17, 15) is 14.4 Å². The van der Waals surface area contributed by atoms with E-state index in [1.54, 1.807) is 22.8 Å². The first-order valence-electron chi connectivity index (χ1n) is 13.0. The number of aromatic nitrogens is 2. The van der Waals surface area contributed by atoms with Gasteiger partial charge in [0.1, 0.15) is 5.82 Å². The van der Waals surface area contributed by atoms with Crippen molar-refractivity contribution in [3.8, 4) is 0 Å². The van der Waals surface area contributed by atoms with Crippen molar-refractivity contribution >= 4 is 28.4 Å². The summed E-state index contributed by atoms with van der Waals surface area (Å²) in [7, 11) is 0. The molecule has 0 bridgehead atoms. The van der Waals surface area contributed by atoms with Gasteiger partial charge in [-0.1, -0.05) is 31.0 Å². The van der Waals surface area contributed by atoms with Gasteiger partial charge in [-0.15, -0.1) is 0 Å². The Hall–Kier alpha value is -3.68. The van der Waals surface area contributed by atoms with Gasteiger partial charge in [0.25, 0.3) is 11.5 Å². The van der Waals surface area contributed by atoms with Gasteiger partial charge in [0, 0.05) is 63.4 Å². The predicted molar refractivity (Wildman–Crippen MR) is 140 cm³/mol. The highest BCUT2D eigenvalue weighted by atomic mass is 16.2. The van der Waals surface area contributed by atoms with Gasteiger partial charge in [0.15, 0.2) is 0 Å². The van der Waals surface area contributed by atoms with Gasteiger partial charge in [0.05, 0.1) is 10.9 Å². The second kappa shape index (κ2) is 10.9. The zero-order chi connectivity index (χ0) is 24.9.